The SMILES string of the molecule is Bc1ccc(-c2cc([C@@H]3CCO[C@H](c4cnn(C)c4)C3)nc3nc(C)c(C)nc23)c(F)c1. The Morgan fingerprint density at radius 2 is 1.91 bits per heavy atom. The number of ether oxygens (including phenoxy) is 1. The normalized spacial score (nSPS) is 18.9. The maximum absolute atomic E-state index is 15.0. The van der Waals surface area contributed by atoms with Gasteiger partial charge in [-0.3, -0.25) is 4.68 Å². The van der Waals surface area contributed by atoms with Crippen molar-refractivity contribution in [2.45, 2.75) is 38.7 Å². The van der Waals surface area contributed by atoms with Gasteiger partial charge in [0.2, 0.25) is 0 Å². The van der Waals surface area contributed by atoms with Gasteiger partial charge in [0, 0.05) is 48.2 Å². The maximum Gasteiger partial charge on any atom is 0.179 e. The lowest BCUT2D eigenvalue weighted by molar-refractivity contribution is 0.00465. The monoisotopic (exact) mass is 429 g/mol. The van der Waals surface area contributed by atoms with Crippen molar-refractivity contribution in [3.8, 4) is 11.1 Å². The van der Waals surface area contributed by atoms with Gasteiger partial charge >= 0.3 is 0 Å². The van der Waals surface area contributed by atoms with E-state index in [2.05, 4.69) is 5.10 Å². The summed E-state index contributed by atoms with van der Waals surface area (Å²) in [6.07, 6.45) is 5.45. The first-order valence-corrected chi connectivity index (χ1v) is 10.9. The highest BCUT2D eigenvalue weighted by molar-refractivity contribution is 6.32. The summed E-state index contributed by atoms with van der Waals surface area (Å²) in [4.78, 5) is 14.3. The molecule has 6 nitrogen and oxygen atoms in total. The molecule has 1 saturated heterocycles. The minimum Gasteiger partial charge on any atom is -0.373 e. The van der Waals surface area contributed by atoms with E-state index in [-0.39, 0.29) is 17.8 Å². The summed E-state index contributed by atoms with van der Waals surface area (Å²) in [6, 6.07) is 7.30. The average Bonchev–Trinajstić information content (AvgIpc) is 3.21. The third kappa shape index (κ3) is 3.79. The second kappa shape index (κ2) is 8.09. The number of nitrogens with zero attached hydrogens (tertiary/aromatic N) is 5. The molecule has 0 N–H and O–H groups in total. The average molecular weight is 429 g/mol. The number of aromatic nitrogens is 5. The first-order chi connectivity index (χ1) is 15.4. The third-order valence-electron chi connectivity index (χ3n) is 6.28. The van der Waals surface area contributed by atoms with Crippen molar-refractivity contribution in [3.63, 3.8) is 0 Å². The predicted octanol–water partition coefficient (Wildman–Crippen LogP) is 3.07. The summed E-state index contributed by atoms with van der Waals surface area (Å²) >= 11 is 0. The number of hydrogen-bond donors (Lipinski definition) is 0. The molecule has 1 aliphatic heterocycles. The summed E-state index contributed by atoms with van der Waals surface area (Å²) < 4.78 is 22.8. The Morgan fingerprint density at radius 3 is 2.66 bits per heavy atom. The lowest BCUT2D eigenvalue weighted by Crippen LogP contribution is -2.19. The van der Waals surface area contributed by atoms with E-state index in [0.717, 1.165) is 46.5 Å². The molecule has 3 aromatic heterocycles. The highest BCUT2D eigenvalue weighted by atomic mass is 19.1. The molecule has 162 valence electrons. The fourth-order valence-electron chi connectivity index (χ4n) is 4.38. The molecule has 5 rings (SSSR count). The molecule has 0 aliphatic carbocycles. The lowest BCUT2D eigenvalue weighted by atomic mass is 9.88. The van der Waals surface area contributed by atoms with E-state index in [4.69, 9.17) is 19.7 Å². The maximum atomic E-state index is 15.0. The smallest absolute Gasteiger partial charge is 0.179 e. The molecule has 1 fully saturated rings. The van der Waals surface area contributed by atoms with Crippen LogP contribution in [0.5, 0.6) is 0 Å². The predicted molar refractivity (Wildman–Crippen MR) is 124 cm³/mol. The van der Waals surface area contributed by atoms with Crippen LogP contribution in [-0.2, 0) is 11.8 Å². The topological polar surface area (TPSA) is 65.7 Å². The molecule has 4 heterocycles. The number of rotatable bonds is 3. The Hall–Kier alpha value is -3.13. The van der Waals surface area contributed by atoms with Crippen LogP contribution in [0, 0.1) is 19.7 Å². The number of halogens is 1. The number of pyridine rings is 1. The molecule has 0 unspecified atom stereocenters. The number of aryl methyl sites for hydroxylation is 3. The molecule has 1 aliphatic rings. The molecular weight excluding hydrogens is 404 g/mol. The zero-order valence-corrected chi connectivity index (χ0v) is 18.8. The molecule has 32 heavy (non-hydrogen) atoms. The largest absolute Gasteiger partial charge is 0.373 e. The number of benzene rings is 1. The van der Waals surface area contributed by atoms with Gasteiger partial charge < -0.3 is 4.74 Å². The highest BCUT2D eigenvalue weighted by Crippen LogP contribution is 2.39. The highest BCUT2D eigenvalue weighted by Gasteiger charge is 2.28. The fraction of sp³-hybridized carbons (Fsp3) is 0.333. The van der Waals surface area contributed by atoms with Crippen LogP contribution < -0.4 is 5.46 Å². The van der Waals surface area contributed by atoms with E-state index >= 15 is 4.39 Å². The summed E-state index contributed by atoms with van der Waals surface area (Å²) in [5.74, 6) is -0.0854. The van der Waals surface area contributed by atoms with E-state index in [1.165, 1.54) is 0 Å². The van der Waals surface area contributed by atoms with Crippen molar-refractivity contribution < 1.29 is 9.13 Å². The van der Waals surface area contributed by atoms with Gasteiger partial charge in [-0.05, 0) is 38.8 Å². The van der Waals surface area contributed by atoms with Crippen molar-refractivity contribution >= 4 is 24.5 Å². The Labute approximate surface area is 187 Å². The summed E-state index contributed by atoms with van der Waals surface area (Å²) in [5, 5.41) is 4.28. The van der Waals surface area contributed by atoms with Crippen LogP contribution in [0.4, 0.5) is 4.39 Å². The second-order valence-corrected chi connectivity index (χ2v) is 8.67. The van der Waals surface area contributed by atoms with Gasteiger partial charge in [-0.2, -0.15) is 5.10 Å². The van der Waals surface area contributed by atoms with Gasteiger partial charge in [-0.1, -0.05) is 17.6 Å². The number of fused-ring (bicyclic) bond motifs is 1. The van der Waals surface area contributed by atoms with Gasteiger partial charge in [0.25, 0.3) is 0 Å². The summed E-state index contributed by atoms with van der Waals surface area (Å²) in [7, 11) is 3.79. The van der Waals surface area contributed by atoms with Crippen molar-refractivity contribution in [2.24, 2.45) is 7.05 Å². The molecular formula is C24H25BFN5O. The van der Waals surface area contributed by atoms with Crippen LogP contribution in [0.15, 0.2) is 36.7 Å². The zero-order valence-electron chi connectivity index (χ0n) is 18.8. The number of hydrogen-bond acceptors (Lipinski definition) is 5. The first kappa shape index (κ1) is 20.8. The molecule has 0 bridgehead atoms. The molecule has 8 heteroatoms. The Kier molecular flexibility index (Phi) is 5.25. The van der Waals surface area contributed by atoms with Crippen LogP contribution >= 0.6 is 0 Å². The van der Waals surface area contributed by atoms with E-state index in [0.29, 0.717) is 23.3 Å². The van der Waals surface area contributed by atoms with Crippen LogP contribution in [0.25, 0.3) is 22.3 Å². The van der Waals surface area contributed by atoms with Crippen LogP contribution in [-0.4, -0.2) is 39.2 Å². The van der Waals surface area contributed by atoms with Crippen LogP contribution in [0.1, 0.15) is 47.5 Å². The third-order valence-corrected chi connectivity index (χ3v) is 6.28. The molecule has 0 spiro atoms. The van der Waals surface area contributed by atoms with E-state index in [1.54, 1.807) is 10.7 Å². The fourth-order valence-corrected chi connectivity index (χ4v) is 4.38. The zero-order chi connectivity index (χ0) is 22.4. The Balaban J connectivity index is 1.62. The summed E-state index contributed by atoms with van der Waals surface area (Å²) in [5.41, 5.74) is 6.96. The molecule has 0 saturated carbocycles. The molecule has 0 radical (unpaired) electrons. The van der Waals surface area contributed by atoms with Crippen LogP contribution in [0.2, 0.25) is 0 Å². The van der Waals surface area contributed by atoms with Crippen molar-refractivity contribution in [1.82, 2.24) is 24.7 Å². The molecule has 0 amide bonds. The first-order valence-electron chi connectivity index (χ1n) is 10.9. The quantitative estimate of drug-likeness (QED) is 0.469. The standard InChI is InChI=1S/C24H25BFN5O/c1-13-14(2)29-24-23(28-13)19(18-5-4-17(25)9-20(18)26)10-21(30-24)15-6-7-32-22(8-15)16-11-27-31(3)12-16/h4-5,9-12,15,22H,6-8,25H2,1-3H3/t15-,22+/m1/s1. The second-order valence-electron chi connectivity index (χ2n) is 8.67. The van der Waals surface area contributed by atoms with Crippen molar-refractivity contribution in [2.75, 3.05) is 6.61 Å². The Morgan fingerprint density at radius 1 is 1.09 bits per heavy atom. The van der Waals surface area contributed by atoms with Crippen LogP contribution in [0.3, 0.4) is 0 Å². The van der Waals surface area contributed by atoms with E-state index < -0.39 is 0 Å². The molecule has 1 aromatic carbocycles. The van der Waals surface area contributed by atoms with Gasteiger partial charge in [0.1, 0.15) is 19.2 Å². The Bertz CT molecular complexity index is 1320. The summed E-state index contributed by atoms with van der Waals surface area (Å²) in [6.45, 7) is 4.48. The van der Waals surface area contributed by atoms with Gasteiger partial charge in [0.15, 0.2) is 5.65 Å². The molecule has 2 atom stereocenters. The van der Waals surface area contributed by atoms with Crippen molar-refractivity contribution in [3.05, 3.63) is 65.1 Å². The lowest BCUT2D eigenvalue weighted by Gasteiger charge is -2.29. The van der Waals surface area contributed by atoms with E-state index in [9.17, 15) is 0 Å². The molecule has 4 aromatic rings. The minimum atomic E-state index is -0.260. The van der Waals surface area contributed by atoms with Gasteiger partial charge in [-0.25, -0.2) is 19.3 Å². The van der Waals surface area contributed by atoms with E-state index in [1.807, 2.05) is 59.3 Å². The minimum absolute atomic E-state index is 0.0367. The van der Waals surface area contributed by atoms with Crippen molar-refractivity contribution in [1.29, 1.82) is 0 Å². The van der Waals surface area contributed by atoms with Gasteiger partial charge in [0.05, 0.1) is 23.7 Å². The van der Waals surface area contributed by atoms with Gasteiger partial charge in [-0.15, -0.1) is 0 Å².